The maximum atomic E-state index is 13.3. The van der Waals surface area contributed by atoms with Gasteiger partial charge in [0.05, 0.1) is 11.8 Å². The number of imide groups is 1. The van der Waals surface area contributed by atoms with Gasteiger partial charge < -0.3 is 5.32 Å². The van der Waals surface area contributed by atoms with Gasteiger partial charge in [0, 0.05) is 11.1 Å². The van der Waals surface area contributed by atoms with E-state index in [1.165, 1.54) is 0 Å². The molecule has 4 aliphatic rings. The molecule has 1 heterocycles. The SMILES string of the molecule is CC(C)[C@]12C=C[C@](C)(CC1)[C@H]1C(=O)N(NC(=S)Nc3ccccc3)C(=O)[C@H]12. The van der Waals surface area contributed by atoms with Crippen molar-refractivity contribution >= 4 is 34.8 Å². The quantitative estimate of drug-likeness (QED) is 0.475. The lowest BCUT2D eigenvalue weighted by molar-refractivity contribution is -0.142. The normalized spacial score (nSPS) is 34.1. The third-order valence-electron chi connectivity index (χ3n) is 6.79. The second-order valence-electron chi connectivity index (χ2n) is 8.51. The van der Waals surface area contributed by atoms with Gasteiger partial charge in [0.1, 0.15) is 0 Å². The van der Waals surface area contributed by atoms with Crippen molar-refractivity contribution in [3.63, 3.8) is 0 Å². The zero-order chi connectivity index (χ0) is 19.4. The smallest absolute Gasteiger partial charge is 0.253 e. The highest BCUT2D eigenvalue weighted by atomic mass is 32.1. The van der Waals surface area contributed by atoms with E-state index in [0.29, 0.717) is 0 Å². The Morgan fingerprint density at radius 1 is 1.11 bits per heavy atom. The summed E-state index contributed by atoms with van der Waals surface area (Å²) in [6.07, 6.45) is 6.26. The van der Waals surface area contributed by atoms with E-state index >= 15 is 0 Å². The molecule has 1 saturated heterocycles. The maximum absolute atomic E-state index is 13.3. The van der Waals surface area contributed by atoms with Gasteiger partial charge in [0.2, 0.25) is 0 Å². The van der Waals surface area contributed by atoms with Crippen LogP contribution in [-0.4, -0.2) is 21.9 Å². The van der Waals surface area contributed by atoms with E-state index < -0.39 is 0 Å². The third kappa shape index (κ3) is 2.61. The van der Waals surface area contributed by atoms with Crippen molar-refractivity contribution in [2.24, 2.45) is 28.6 Å². The minimum Gasteiger partial charge on any atom is -0.331 e. The highest BCUT2D eigenvalue weighted by Crippen LogP contribution is 2.63. The minimum atomic E-state index is -0.321. The van der Waals surface area contributed by atoms with E-state index in [9.17, 15) is 9.59 Å². The summed E-state index contributed by atoms with van der Waals surface area (Å²) in [6.45, 7) is 6.38. The topological polar surface area (TPSA) is 61.4 Å². The summed E-state index contributed by atoms with van der Waals surface area (Å²) < 4.78 is 0. The van der Waals surface area contributed by atoms with E-state index in [0.717, 1.165) is 23.5 Å². The van der Waals surface area contributed by atoms with Gasteiger partial charge in [0.25, 0.3) is 11.8 Å². The molecule has 1 aromatic rings. The second-order valence-corrected chi connectivity index (χ2v) is 8.91. The number of rotatable bonds is 3. The van der Waals surface area contributed by atoms with Crippen LogP contribution in [0.25, 0.3) is 0 Å². The standard InChI is InChI=1S/C21H25N3O2S/c1-13(2)21-11-9-20(3,10-12-21)15-16(21)18(26)24(17(15)25)23-19(27)22-14-7-5-4-6-8-14/h4-9,11,13,15-16H,10,12H2,1-3H3,(H2,22,23,27)/t15-,16+,20-,21+/m1/s1. The Balaban J connectivity index is 1.60. The number of thiocarbonyl (C=S) groups is 1. The molecule has 3 aliphatic carbocycles. The number of benzene rings is 1. The fourth-order valence-corrected chi connectivity index (χ4v) is 5.33. The lowest BCUT2D eigenvalue weighted by atomic mass is 9.46. The molecule has 4 atom stereocenters. The molecule has 0 aromatic heterocycles. The van der Waals surface area contributed by atoms with Crippen LogP contribution in [0.5, 0.6) is 0 Å². The lowest BCUT2D eigenvalue weighted by Crippen LogP contribution is -2.53. The Morgan fingerprint density at radius 2 is 1.78 bits per heavy atom. The molecule has 2 bridgehead atoms. The zero-order valence-electron chi connectivity index (χ0n) is 15.9. The number of carbonyl (C=O) groups is 2. The van der Waals surface area contributed by atoms with Crippen molar-refractivity contribution in [1.29, 1.82) is 0 Å². The number of hydrogen-bond donors (Lipinski definition) is 2. The van der Waals surface area contributed by atoms with Gasteiger partial charge in [0.15, 0.2) is 5.11 Å². The number of nitrogens with zero attached hydrogens (tertiary/aromatic N) is 1. The zero-order valence-corrected chi connectivity index (χ0v) is 16.7. The molecule has 27 heavy (non-hydrogen) atoms. The first-order valence-corrected chi connectivity index (χ1v) is 9.90. The van der Waals surface area contributed by atoms with Crippen LogP contribution in [-0.2, 0) is 9.59 Å². The number of fused-ring (bicyclic) bond motifs is 1. The third-order valence-corrected chi connectivity index (χ3v) is 6.98. The Kier molecular flexibility index (Phi) is 4.14. The average Bonchev–Trinajstić information content (AvgIpc) is 2.90. The molecule has 1 aromatic carbocycles. The average molecular weight is 384 g/mol. The van der Waals surface area contributed by atoms with Crippen LogP contribution < -0.4 is 10.7 Å². The summed E-state index contributed by atoms with van der Waals surface area (Å²) in [5.41, 5.74) is 3.14. The van der Waals surface area contributed by atoms with Crippen LogP contribution in [0.3, 0.4) is 0 Å². The number of nitrogens with one attached hydrogen (secondary N) is 2. The maximum Gasteiger partial charge on any atom is 0.253 e. The number of hydrogen-bond acceptors (Lipinski definition) is 3. The molecule has 5 rings (SSSR count). The second kappa shape index (κ2) is 6.16. The number of para-hydroxylation sites is 1. The van der Waals surface area contributed by atoms with Crippen molar-refractivity contribution in [1.82, 2.24) is 10.4 Å². The predicted octanol–water partition coefficient (Wildman–Crippen LogP) is 3.50. The highest BCUT2D eigenvalue weighted by molar-refractivity contribution is 7.80. The van der Waals surface area contributed by atoms with Crippen LogP contribution in [0.4, 0.5) is 5.69 Å². The first kappa shape index (κ1) is 18.2. The number of allylic oxidation sites excluding steroid dienone is 2. The van der Waals surface area contributed by atoms with Gasteiger partial charge in [-0.05, 0) is 48.5 Å². The lowest BCUT2D eigenvalue weighted by Gasteiger charge is -2.55. The summed E-state index contributed by atoms with van der Waals surface area (Å²) in [6, 6.07) is 9.44. The van der Waals surface area contributed by atoms with Gasteiger partial charge in [-0.25, -0.2) is 0 Å². The van der Waals surface area contributed by atoms with Crippen LogP contribution in [0.2, 0.25) is 0 Å². The molecule has 2 N–H and O–H groups in total. The molecule has 1 saturated carbocycles. The van der Waals surface area contributed by atoms with E-state index in [1.807, 2.05) is 30.3 Å². The molecule has 6 heteroatoms. The predicted molar refractivity (Wildman–Crippen MR) is 108 cm³/mol. The molecule has 0 unspecified atom stereocenters. The largest absolute Gasteiger partial charge is 0.331 e. The monoisotopic (exact) mass is 383 g/mol. The molecule has 0 spiro atoms. The van der Waals surface area contributed by atoms with Gasteiger partial charge in [-0.2, -0.15) is 5.01 Å². The van der Waals surface area contributed by atoms with Gasteiger partial charge >= 0.3 is 0 Å². The Morgan fingerprint density at radius 3 is 2.37 bits per heavy atom. The highest BCUT2D eigenvalue weighted by Gasteiger charge is 2.67. The Labute approximate surface area is 165 Å². The molecule has 0 radical (unpaired) electrons. The number of amides is 2. The van der Waals surface area contributed by atoms with Crippen molar-refractivity contribution in [3.8, 4) is 0 Å². The summed E-state index contributed by atoms with van der Waals surface area (Å²) >= 11 is 5.34. The molecule has 5 nitrogen and oxygen atoms in total. The number of anilines is 1. The fourth-order valence-electron chi connectivity index (χ4n) is 5.12. The first-order chi connectivity index (χ1) is 12.8. The van der Waals surface area contributed by atoms with Gasteiger partial charge in [-0.3, -0.25) is 15.0 Å². The van der Waals surface area contributed by atoms with Crippen molar-refractivity contribution in [3.05, 3.63) is 42.5 Å². The number of hydrazine groups is 1. The van der Waals surface area contributed by atoms with Crippen LogP contribution >= 0.6 is 12.2 Å². The summed E-state index contributed by atoms with van der Waals surface area (Å²) in [5, 5.41) is 4.43. The molecule has 1 aliphatic heterocycles. The molecule has 2 fully saturated rings. The van der Waals surface area contributed by atoms with Crippen LogP contribution in [0.1, 0.15) is 33.6 Å². The van der Waals surface area contributed by atoms with Crippen LogP contribution in [0.15, 0.2) is 42.5 Å². The molecular weight excluding hydrogens is 358 g/mol. The molecular formula is C21H25N3O2S. The summed E-state index contributed by atoms with van der Waals surface area (Å²) in [5.74, 6) is -0.680. The van der Waals surface area contributed by atoms with Gasteiger partial charge in [-0.15, -0.1) is 0 Å². The molecule has 2 amide bonds. The summed E-state index contributed by atoms with van der Waals surface area (Å²) in [7, 11) is 0. The molecule has 142 valence electrons. The van der Waals surface area contributed by atoms with Crippen molar-refractivity contribution in [2.75, 3.05) is 5.32 Å². The van der Waals surface area contributed by atoms with E-state index in [-0.39, 0.29) is 45.5 Å². The van der Waals surface area contributed by atoms with E-state index in [2.05, 4.69) is 43.7 Å². The van der Waals surface area contributed by atoms with E-state index in [1.54, 1.807) is 0 Å². The number of carbonyl (C=O) groups excluding carboxylic acids is 2. The fraction of sp³-hybridized carbons (Fsp3) is 0.476. The Bertz CT molecular complexity index is 837. The Hall–Kier alpha value is -2.21. The van der Waals surface area contributed by atoms with Gasteiger partial charge in [-0.1, -0.05) is 51.1 Å². The van der Waals surface area contributed by atoms with E-state index in [4.69, 9.17) is 12.2 Å². The summed E-state index contributed by atoms with van der Waals surface area (Å²) in [4.78, 5) is 26.5. The first-order valence-electron chi connectivity index (χ1n) is 9.49. The van der Waals surface area contributed by atoms with Crippen LogP contribution in [0, 0.1) is 28.6 Å². The van der Waals surface area contributed by atoms with Crippen molar-refractivity contribution in [2.45, 2.75) is 33.6 Å². The minimum absolute atomic E-state index is 0.161. The van der Waals surface area contributed by atoms with Crippen molar-refractivity contribution < 1.29 is 9.59 Å².